The van der Waals surface area contributed by atoms with Crippen LogP contribution in [0, 0.1) is 0 Å². The molecule has 0 aliphatic heterocycles. The molecular weight excluding hydrogens is 306 g/mol. The number of aliphatic hydroxyl groups is 1. The topological polar surface area (TPSA) is 71.7 Å². The molecule has 1 aliphatic rings. The van der Waals surface area contributed by atoms with Gasteiger partial charge in [0.05, 0.1) is 19.3 Å². The first-order chi connectivity index (χ1) is 11.6. The lowest BCUT2D eigenvalue weighted by atomic mass is 9.92. The van der Waals surface area contributed by atoms with E-state index < -0.39 is 11.5 Å². The van der Waals surface area contributed by atoms with Gasteiger partial charge < -0.3 is 19.6 Å². The molecule has 1 heterocycles. The van der Waals surface area contributed by atoms with Crippen LogP contribution in [0.15, 0.2) is 34.7 Å². The second kappa shape index (κ2) is 6.79. The van der Waals surface area contributed by atoms with Crippen LogP contribution in [0.2, 0.25) is 0 Å². The first-order valence-electron chi connectivity index (χ1n) is 8.27. The molecule has 0 amide bonds. The van der Waals surface area contributed by atoms with Crippen molar-refractivity contribution in [2.45, 2.75) is 38.3 Å². The minimum atomic E-state index is -0.473. The molecule has 3 rings (SSSR count). The van der Waals surface area contributed by atoms with E-state index in [4.69, 9.17) is 9.15 Å². The van der Waals surface area contributed by atoms with Crippen molar-refractivity contribution in [2.75, 3.05) is 13.7 Å². The van der Waals surface area contributed by atoms with Crippen molar-refractivity contribution in [2.24, 2.45) is 0 Å². The van der Waals surface area contributed by atoms with Crippen molar-refractivity contribution >= 4 is 5.97 Å². The van der Waals surface area contributed by atoms with Gasteiger partial charge in [0, 0.05) is 18.5 Å². The van der Waals surface area contributed by atoms with Gasteiger partial charge in [-0.1, -0.05) is 31.2 Å². The normalized spacial score (nSPS) is 19.3. The first kappa shape index (κ1) is 16.7. The summed E-state index contributed by atoms with van der Waals surface area (Å²) < 4.78 is 10.3. The van der Waals surface area contributed by atoms with Crippen LogP contribution in [0.4, 0.5) is 0 Å². The first-order valence-corrected chi connectivity index (χ1v) is 8.27. The van der Waals surface area contributed by atoms with Crippen LogP contribution in [-0.2, 0) is 29.7 Å². The number of hydrogen-bond donors (Lipinski definition) is 2. The monoisotopic (exact) mass is 329 g/mol. The Kier molecular flexibility index (Phi) is 4.73. The Hall–Kier alpha value is -2.11. The highest BCUT2D eigenvalue weighted by Crippen LogP contribution is 2.37. The Bertz CT molecular complexity index is 737. The number of hydrogen-bond acceptors (Lipinski definition) is 5. The largest absolute Gasteiger partial charge is 0.463 e. The molecule has 0 fully saturated rings. The van der Waals surface area contributed by atoms with Gasteiger partial charge in [-0.2, -0.15) is 0 Å². The average Bonchev–Trinajstić information content (AvgIpc) is 3.21. The lowest BCUT2D eigenvalue weighted by molar-refractivity contribution is 0.0563. The Morgan fingerprint density at radius 1 is 1.42 bits per heavy atom. The minimum Gasteiger partial charge on any atom is -0.463 e. The Morgan fingerprint density at radius 3 is 2.92 bits per heavy atom. The summed E-state index contributed by atoms with van der Waals surface area (Å²) >= 11 is 0. The molecule has 2 aromatic rings. The van der Waals surface area contributed by atoms with E-state index in [-0.39, 0.29) is 12.4 Å². The molecule has 1 atom stereocenters. The van der Waals surface area contributed by atoms with E-state index in [1.165, 1.54) is 12.7 Å². The predicted octanol–water partition coefficient (Wildman–Crippen LogP) is 2.55. The fourth-order valence-corrected chi connectivity index (χ4v) is 3.47. The molecule has 1 aliphatic carbocycles. The van der Waals surface area contributed by atoms with Crippen LogP contribution in [0.3, 0.4) is 0 Å². The van der Waals surface area contributed by atoms with E-state index in [0.717, 1.165) is 29.7 Å². The molecule has 1 aromatic heterocycles. The highest BCUT2D eigenvalue weighted by atomic mass is 16.5. The summed E-state index contributed by atoms with van der Waals surface area (Å²) in [5.74, 6) is 0.511. The molecular formula is C19H23NO4. The van der Waals surface area contributed by atoms with E-state index in [1.807, 2.05) is 19.1 Å². The standard InChI is InChI=1S/C19H23NO4/c1-3-16-14(10-17(24-16)18(22)23-2)11-20-19(12-21)9-8-13-6-4-5-7-15(13)19/h4-7,10,20-21H,3,8-9,11-12H2,1-2H3. The highest BCUT2D eigenvalue weighted by molar-refractivity contribution is 5.86. The van der Waals surface area contributed by atoms with Gasteiger partial charge in [0.25, 0.3) is 0 Å². The smallest absolute Gasteiger partial charge is 0.373 e. The van der Waals surface area contributed by atoms with Gasteiger partial charge in [0.1, 0.15) is 5.76 Å². The molecule has 2 N–H and O–H groups in total. The van der Waals surface area contributed by atoms with Gasteiger partial charge in [-0.15, -0.1) is 0 Å². The van der Waals surface area contributed by atoms with Gasteiger partial charge in [-0.05, 0) is 30.0 Å². The maximum Gasteiger partial charge on any atom is 0.373 e. The summed E-state index contributed by atoms with van der Waals surface area (Å²) in [6.45, 7) is 2.54. The Balaban J connectivity index is 1.82. The quantitative estimate of drug-likeness (QED) is 0.797. The molecule has 5 nitrogen and oxygen atoms in total. The number of rotatable bonds is 6. The number of ether oxygens (including phenoxy) is 1. The molecule has 0 radical (unpaired) electrons. The third-order valence-corrected chi connectivity index (χ3v) is 4.85. The van der Waals surface area contributed by atoms with Crippen molar-refractivity contribution in [3.05, 3.63) is 58.5 Å². The fraction of sp³-hybridized carbons (Fsp3) is 0.421. The van der Waals surface area contributed by atoms with Gasteiger partial charge >= 0.3 is 5.97 Å². The number of carbonyl (C=O) groups is 1. The van der Waals surface area contributed by atoms with Crippen LogP contribution in [0.5, 0.6) is 0 Å². The molecule has 24 heavy (non-hydrogen) atoms. The molecule has 0 spiro atoms. The van der Waals surface area contributed by atoms with E-state index >= 15 is 0 Å². The molecule has 0 saturated carbocycles. The van der Waals surface area contributed by atoms with Gasteiger partial charge in [0.15, 0.2) is 0 Å². The second-order valence-electron chi connectivity index (χ2n) is 6.16. The van der Waals surface area contributed by atoms with Crippen molar-refractivity contribution in [1.82, 2.24) is 5.32 Å². The minimum absolute atomic E-state index is 0.0349. The van der Waals surface area contributed by atoms with E-state index in [2.05, 4.69) is 17.4 Å². The van der Waals surface area contributed by atoms with Gasteiger partial charge in [-0.25, -0.2) is 4.79 Å². The van der Waals surface area contributed by atoms with Crippen LogP contribution >= 0.6 is 0 Å². The Labute approximate surface area is 141 Å². The fourth-order valence-electron chi connectivity index (χ4n) is 3.47. The molecule has 128 valence electrons. The van der Waals surface area contributed by atoms with E-state index in [1.54, 1.807) is 6.07 Å². The summed E-state index contributed by atoms with van der Waals surface area (Å²) in [4.78, 5) is 11.7. The average molecular weight is 329 g/mol. The maximum absolute atomic E-state index is 11.7. The van der Waals surface area contributed by atoms with Crippen LogP contribution in [0.25, 0.3) is 0 Å². The zero-order valence-electron chi connectivity index (χ0n) is 14.1. The van der Waals surface area contributed by atoms with Gasteiger partial charge in [0.2, 0.25) is 5.76 Å². The lowest BCUT2D eigenvalue weighted by Gasteiger charge is -2.30. The number of carbonyl (C=O) groups excluding carboxylic acids is 1. The molecule has 1 aromatic carbocycles. The molecule has 0 bridgehead atoms. The number of methoxy groups -OCH3 is 1. The van der Waals surface area contributed by atoms with Crippen molar-refractivity contribution in [3.63, 3.8) is 0 Å². The van der Waals surface area contributed by atoms with Gasteiger partial charge in [-0.3, -0.25) is 0 Å². The summed E-state index contributed by atoms with van der Waals surface area (Å²) in [7, 11) is 1.34. The zero-order valence-corrected chi connectivity index (χ0v) is 14.1. The van der Waals surface area contributed by atoms with Crippen LogP contribution in [0.1, 0.15) is 46.3 Å². The third kappa shape index (κ3) is 2.85. The summed E-state index contributed by atoms with van der Waals surface area (Å²) in [6.07, 6.45) is 2.49. The number of aliphatic hydroxyl groups excluding tert-OH is 1. The predicted molar refractivity (Wildman–Crippen MR) is 89.8 cm³/mol. The molecule has 5 heteroatoms. The third-order valence-electron chi connectivity index (χ3n) is 4.85. The SMILES string of the molecule is CCc1oc(C(=O)OC)cc1CNC1(CO)CCc2ccccc21. The number of fused-ring (bicyclic) bond motifs is 1. The van der Waals surface area contributed by atoms with E-state index in [0.29, 0.717) is 13.0 Å². The van der Waals surface area contributed by atoms with Crippen molar-refractivity contribution in [1.29, 1.82) is 0 Å². The number of nitrogens with one attached hydrogen (secondary N) is 1. The van der Waals surface area contributed by atoms with Crippen molar-refractivity contribution in [3.8, 4) is 0 Å². The number of benzene rings is 1. The number of furan rings is 1. The molecule has 0 saturated heterocycles. The summed E-state index contributed by atoms with van der Waals surface area (Å²) in [5, 5.41) is 13.5. The Morgan fingerprint density at radius 2 is 2.21 bits per heavy atom. The van der Waals surface area contributed by atoms with Crippen LogP contribution < -0.4 is 5.32 Å². The summed E-state index contributed by atoms with van der Waals surface area (Å²) in [5.41, 5.74) is 2.92. The van der Waals surface area contributed by atoms with Crippen molar-refractivity contribution < 1.29 is 19.1 Å². The zero-order chi connectivity index (χ0) is 17.2. The van der Waals surface area contributed by atoms with E-state index in [9.17, 15) is 9.90 Å². The highest BCUT2D eigenvalue weighted by Gasteiger charge is 2.37. The lowest BCUT2D eigenvalue weighted by Crippen LogP contribution is -2.43. The van der Waals surface area contributed by atoms with Crippen LogP contribution in [-0.4, -0.2) is 24.8 Å². The second-order valence-corrected chi connectivity index (χ2v) is 6.16. The summed E-state index contributed by atoms with van der Waals surface area (Å²) in [6, 6.07) is 9.94. The molecule has 1 unspecified atom stereocenters. The number of esters is 1. The number of aryl methyl sites for hydroxylation is 2. The maximum atomic E-state index is 11.7.